The Kier molecular flexibility index (Phi) is 7.70. The molecule has 4 saturated carbocycles. The van der Waals surface area contributed by atoms with Crippen LogP contribution in [0, 0.1) is 23.7 Å². The predicted octanol–water partition coefficient (Wildman–Crippen LogP) is 6.36. The molecule has 1 spiro atoms. The van der Waals surface area contributed by atoms with E-state index in [2.05, 4.69) is 0 Å². The summed E-state index contributed by atoms with van der Waals surface area (Å²) in [5.41, 5.74) is 1.74. The SMILES string of the molecule is COC(=O)/C=C/c1ccc(C2(OC)OOC23C2CC4CC(C2)CC3C4)c(Cl)c1OCc1ccc(B2OC(C)(C)C(C)(C)O2)cc1. The minimum absolute atomic E-state index is 0.239. The Morgan fingerprint density at radius 1 is 0.911 bits per heavy atom. The lowest BCUT2D eigenvalue weighted by Crippen LogP contribution is -2.76. The van der Waals surface area contributed by atoms with Gasteiger partial charge in [0.05, 0.1) is 23.3 Å². The maximum Gasteiger partial charge on any atom is 0.494 e. The molecule has 1 unspecified atom stereocenters. The first-order chi connectivity index (χ1) is 21.4. The van der Waals surface area contributed by atoms with Crippen LogP contribution in [0.4, 0.5) is 0 Å². The maximum atomic E-state index is 12.0. The number of esters is 1. The zero-order valence-corrected chi connectivity index (χ0v) is 27.6. The number of hydrogen-bond donors (Lipinski definition) is 0. The number of carbonyl (C=O) groups is 1. The second kappa shape index (κ2) is 11.1. The summed E-state index contributed by atoms with van der Waals surface area (Å²) >= 11 is 7.24. The average Bonchev–Trinajstić information content (AvgIpc) is 3.22. The lowest BCUT2D eigenvalue weighted by atomic mass is 9.47. The van der Waals surface area contributed by atoms with Gasteiger partial charge < -0.3 is 23.5 Å². The van der Waals surface area contributed by atoms with Gasteiger partial charge in [-0.3, -0.25) is 0 Å². The minimum Gasteiger partial charge on any atom is -0.487 e. The first-order valence-electron chi connectivity index (χ1n) is 16.0. The van der Waals surface area contributed by atoms with E-state index in [0.29, 0.717) is 33.7 Å². The monoisotopic (exact) mass is 636 g/mol. The molecule has 0 radical (unpaired) electrons. The normalized spacial score (nSPS) is 34.0. The highest BCUT2D eigenvalue weighted by atomic mass is 35.5. The molecule has 2 aliphatic heterocycles. The fourth-order valence-electron chi connectivity index (χ4n) is 8.56. The van der Waals surface area contributed by atoms with Crippen molar-refractivity contribution in [3.63, 3.8) is 0 Å². The van der Waals surface area contributed by atoms with Gasteiger partial charge in [-0.25, -0.2) is 9.68 Å². The van der Waals surface area contributed by atoms with E-state index >= 15 is 0 Å². The molecule has 1 atom stereocenters. The maximum absolute atomic E-state index is 12.0. The van der Waals surface area contributed by atoms with Crippen molar-refractivity contribution >= 4 is 36.2 Å². The topological polar surface area (TPSA) is 81.7 Å². The molecule has 10 heteroatoms. The Hall–Kier alpha value is -2.40. The third kappa shape index (κ3) is 4.80. The lowest BCUT2D eigenvalue weighted by Gasteiger charge is -2.68. The Balaban J connectivity index is 1.18. The fraction of sp³-hybridized carbons (Fsp3) is 0.571. The zero-order valence-electron chi connectivity index (χ0n) is 26.9. The molecular formula is C35H42BClO8. The molecule has 0 N–H and O–H groups in total. The van der Waals surface area contributed by atoms with Gasteiger partial charge in [0, 0.05) is 24.3 Å². The zero-order chi connectivity index (χ0) is 31.8. The van der Waals surface area contributed by atoms with Crippen molar-refractivity contribution in [2.45, 2.75) is 89.0 Å². The van der Waals surface area contributed by atoms with Crippen molar-refractivity contribution in [2.75, 3.05) is 14.2 Å². The predicted molar refractivity (Wildman–Crippen MR) is 170 cm³/mol. The second-order valence-electron chi connectivity index (χ2n) is 14.4. The third-order valence-electron chi connectivity index (χ3n) is 11.4. The molecule has 0 aromatic heterocycles. The van der Waals surface area contributed by atoms with Gasteiger partial charge >= 0.3 is 13.1 Å². The van der Waals surface area contributed by atoms with Gasteiger partial charge in [0.1, 0.15) is 12.4 Å². The molecule has 2 aromatic carbocycles. The van der Waals surface area contributed by atoms with Crippen LogP contribution in [-0.2, 0) is 45.7 Å². The van der Waals surface area contributed by atoms with Gasteiger partial charge in [-0.05, 0) is 101 Å². The van der Waals surface area contributed by atoms with Crippen LogP contribution in [0.1, 0.15) is 76.5 Å². The van der Waals surface area contributed by atoms with Crippen LogP contribution in [0.3, 0.4) is 0 Å². The number of carbonyl (C=O) groups excluding carboxylic acids is 1. The molecule has 2 heterocycles. The van der Waals surface area contributed by atoms with E-state index in [4.69, 9.17) is 44.9 Å². The highest BCUT2D eigenvalue weighted by Gasteiger charge is 2.77. The van der Waals surface area contributed by atoms with Gasteiger partial charge in [-0.15, -0.1) is 0 Å². The molecule has 4 bridgehead atoms. The molecular weight excluding hydrogens is 595 g/mol. The van der Waals surface area contributed by atoms with Crippen LogP contribution >= 0.6 is 11.6 Å². The minimum atomic E-state index is -1.15. The molecule has 2 aromatic rings. The number of ether oxygens (including phenoxy) is 3. The van der Waals surface area contributed by atoms with E-state index < -0.39 is 35.7 Å². The summed E-state index contributed by atoms with van der Waals surface area (Å²) in [5, 5.41) is 0.370. The lowest BCUT2D eigenvalue weighted by molar-refractivity contribution is -0.645. The van der Waals surface area contributed by atoms with Crippen LogP contribution in [0.2, 0.25) is 5.02 Å². The Morgan fingerprint density at radius 2 is 1.53 bits per heavy atom. The summed E-state index contributed by atoms with van der Waals surface area (Å²) in [6.07, 6.45) is 8.78. The Labute approximate surface area is 270 Å². The number of hydrogen-bond acceptors (Lipinski definition) is 8. The Bertz CT molecular complexity index is 1460. The van der Waals surface area contributed by atoms with Crippen LogP contribution < -0.4 is 10.2 Å². The summed E-state index contributed by atoms with van der Waals surface area (Å²) in [6.45, 7) is 8.40. The van der Waals surface area contributed by atoms with Crippen LogP contribution in [0.15, 0.2) is 42.5 Å². The van der Waals surface area contributed by atoms with E-state index in [1.165, 1.54) is 19.6 Å². The molecule has 240 valence electrons. The van der Waals surface area contributed by atoms with E-state index in [9.17, 15) is 4.79 Å². The summed E-state index contributed by atoms with van der Waals surface area (Å²) in [5.74, 6) is 0.959. The highest BCUT2D eigenvalue weighted by molar-refractivity contribution is 6.62. The fourth-order valence-corrected chi connectivity index (χ4v) is 8.92. The average molecular weight is 637 g/mol. The molecule has 6 aliphatic rings. The number of benzene rings is 2. The van der Waals surface area contributed by atoms with Crippen molar-refractivity contribution in [3.05, 3.63) is 64.2 Å². The first-order valence-corrected chi connectivity index (χ1v) is 16.4. The van der Waals surface area contributed by atoms with E-state index in [0.717, 1.165) is 48.5 Å². The van der Waals surface area contributed by atoms with Crippen molar-refractivity contribution in [1.29, 1.82) is 0 Å². The highest BCUT2D eigenvalue weighted by Crippen LogP contribution is 2.70. The van der Waals surface area contributed by atoms with E-state index in [1.807, 2.05) is 64.1 Å². The van der Waals surface area contributed by atoms with Gasteiger partial charge in [-0.2, -0.15) is 4.89 Å². The van der Waals surface area contributed by atoms with Crippen molar-refractivity contribution in [2.24, 2.45) is 23.7 Å². The molecule has 4 aliphatic carbocycles. The second-order valence-corrected chi connectivity index (χ2v) is 14.8. The van der Waals surface area contributed by atoms with Gasteiger partial charge in [0.15, 0.2) is 5.60 Å². The molecule has 45 heavy (non-hydrogen) atoms. The number of halogens is 1. The molecule has 8 rings (SSSR count). The summed E-state index contributed by atoms with van der Waals surface area (Å²) in [4.78, 5) is 24.2. The number of methoxy groups -OCH3 is 2. The molecule has 0 amide bonds. The van der Waals surface area contributed by atoms with E-state index in [1.54, 1.807) is 13.2 Å². The van der Waals surface area contributed by atoms with Crippen molar-refractivity contribution < 1.29 is 38.1 Å². The Morgan fingerprint density at radius 3 is 2.07 bits per heavy atom. The summed E-state index contributed by atoms with van der Waals surface area (Å²) in [6, 6.07) is 11.8. The quantitative estimate of drug-likeness (QED) is 0.143. The van der Waals surface area contributed by atoms with Crippen LogP contribution in [0.5, 0.6) is 5.75 Å². The third-order valence-corrected chi connectivity index (χ3v) is 11.8. The largest absolute Gasteiger partial charge is 0.494 e. The van der Waals surface area contributed by atoms with Crippen molar-refractivity contribution in [1.82, 2.24) is 0 Å². The standard InChI is InChI=1S/C35H42BClO8/c1-32(2)33(3,4)43-36(42-32)27-11-7-21(8-12-27)20-41-31-24(10-14-29(38)39-5)9-13-28(30(31)37)35(40-6)34(44-45-35)25-16-22-15-23(18-25)19-26(34)17-22/h7-14,22-23,25-26H,15-20H2,1-6H3/b14-10+. The summed E-state index contributed by atoms with van der Waals surface area (Å²) in [7, 11) is 2.56. The number of rotatable bonds is 8. The molecule has 2 saturated heterocycles. The van der Waals surface area contributed by atoms with Crippen molar-refractivity contribution in [3.8, 4) is 5.75 Å². The molecule has 6 fully saturated rings. The van der Waals surface area contributed by atoms with Crippen LogP contribution in [-0.4, -0.2) is 44.1 Å². The van der Waals surface area contributed by atoms with Crippen LogP contribution in [0.25, 0.3) is 6.08 Å². The van der Waals surface area contributed by atoms with Gasteiger partial charge in [-0.1, -0.05) is 48.0 Å². The smallest absolute Gasteiger partial charge is 0.487 e. The van der Waals surface area contributed by atoms with Gasteiger partial charge in [0.25, 0.3) is 5.79 Å². The van der Waals surface area contributed by atoms with E-state index in [-0.39, 0.29) is 6.61 Å². The first kappa shape index (κ1) is 31.2. The summed E-state index contributed by atoms with van der Waals surface area (Å²) < 4.78 is 30.0. The molecule has 8 nitrogen and oxygen atoms in total. The van der Waals surface area contributed by atoms with Gasteiger partial charge in [0.2, 0.25) is 0 Å².